The average Bonchev–Trinajstić information content (AvgIpc) is 2.28. The van der Waals surface area contributed by atoms with Crippen LogP contribution in [0, 0.1) is 0 Å². The molecule has 0 aliphatic carbocycles. The third-order valence-electron chi connectivity index (χ3n) is 1.59. The van der Waals surface area contributed by atoms with E-state index in [9.17, 15) is 19.8 Å². The molecule has 0 aliphatic heterocycles. The Morgan fingerprint density at radius 2 is 1.80 bits per heavy atom. The quantitative estimate of drug-likeness (QED) is 0.566. The minimum atomic E-state index is -1.30. The van der Waals surface area contributed by atoms with Crippen molar-refractivity contribution in [3.8, 4) is 5.75 Å². The number of carbonyl (C=O) groups is 2. The molecular formula is C12H10Cl2O5Zn. The molecule has 0 amide bonds. The smallest absolute Gasteiger partial charge is 0.546 e. The van der Waals surface area contributed by atoms with E-state index in [0.29, 0.717) is 5.02 Å². The van der Waals surface area contributed by atoms with Crippen LogP contribution in [0.3, 0.4) is 0 Å². The van der Waals surface area contributed by atoms with Crippen molar-refractivity contribution < 1.29 is 44.0 Å². The fraction of sp³-hybridized carbons (Fsp3) is 0.167. The molecule has 104 valence electrons. The predicted molar refractivity (Wildman–Crippen MR) is 66.8 cm³/mol. The van der Waals surface area contributed by atoms with E-state index < -0.39 is 18.5 Å². The van der Waals surface area contributed by atoms with E-state index in [1.54, 1.807) is 6.07 Å². The molecule has 1 aromatic carbocycles. The van der Waals surface area contributed by atoms with Gasteiger partial charge in [-0.2, -0.15) is 0 Å². The molecule has 5 nitrogen and oxygen atoms in total. The standard InChI is InChI=1S/C8H6Cl2O3.C4H6O2.Zn/c9-5-1-2-7(6(10)3-5)13-4-8(11)12;1-3(2)4(5)6;/h1-3H,4H2,(H,11,12);1H2,2H3,(H,5,6);/q;;+2/p-2. The van der Waals surface area contributed by atoms with E-state index >= 15 is 0 Å². The van der Waals surface area contributed by atoms with Gasteiger partial charge in [0.25, 0.3) is 0 Å². The van der Waals surface area contributed by atoms with E-state index in [4.69, 9.17) is 27.9 Å². The molecule has 0 aliphatic rings. The zero-order chi connectivity index (χ0) is 15.0. The molecule has 0 unspecified atom stereocenters. The first-order valence-corrected chi connectivity index (χ1v) is 5.64. The van der Waals surface area contributed by atoms with Gasteiger partial charge in [-0.25, -0.2) is 0 Å². The van der Waals surface area contributed by atoms with Crippen LogP contribution in [-0.4, -0.2) is 18.5 Å². The minimum Gasteiger partial charge on any atom is -0.546 e. The second kappa shape index (κ2) is 10.7. The van der Waals surface area contributed by atoms with Gasteiger partial charge in [-0.3, -0.25) is 0 Å². The van der Waals surface area contributed by atoms with Gasteiger partial charge in [0.1, 0.15) is 12.4 Å². The van der Waals surface area contributed by atoms with E-state index in [1.165, 1.54) is 19.1 Å². The summed E-state index contributed by atoms with van der Waals surface area (Å²) in [5.41, 5.74) is 0.0648. The Morgan fingerprint density at radius 3 is 2.15 bits per heavy atom. The largest absolute Gasteiger partial charge is 2.00 e. The van der Waals surface area contributed by atoms with Crippen LogP contribution in [0.5, 0.6) is 5.75 Å². The number of carboxylic acid groups (broad SMARTS) is 2. The number of halogens is 2. The van der Waals surface area contributed by atoms with Gasteiger partial charge in [0.2, 0.25) is 0 Å². The number of rotatable bonds is 4. The Balaban J connectivity index is 0. The van der Waals surface area contributed by atoms with Crippen LogP contribution < -0.4 is 14.9 Å². The maximum atomic E-state index is 10.0. The van der Waals surface area contributed by atoms with Crippen LogP contribution in [0.2, 0.25) is 10.0 Å². The molecule has 0 saturated carbocycles. The van der Waals surface area contributed by atoms with Crippen molar-refractivity contribution in [3.63, 3.8) is 0 Å². The number of aliphatic carboxylic acids is 2. The third-order valence-corrected chi connectivity index (χ3v) is 2.12. The monoisotopic (exact) mass is 368 g/mol. The van der Waals surface area contributed by atoms with Gasteiger partial charge in [0.15, 0.2) is 0 Å². The molecule has 0 heterocycles. The van der Waals surface area contributed by atoms with Crippen LogP contribution in [0.4, 0.5) is 0 Å². The number of hydrogen-bond donors (Lipinski definition) is 0. The summed E-state index contributed by atoms with van der Waals surface area (Å²) in [7, 11) is 0. The third kappa shape index (κ3) is 9.78. The predicted octanol–water partition coefficient (Wildman–Crippen LogP) is 0.432. The molecule has 20 heavy (non-hydrogen) atoms. The fourth-order valence-corrected chi connectivity index (χ4v) is 1.19. The van der Waals surface area contributed by atoms with Crippen LogP contribution >= 0.6 is 23.2 Å². The Hall–Kier alpha value is -1.10. The number of carboxylic acids is 2. The van der Waals surface area contributed by atoms with Gasteiger partial charge in [0, 0.05) is 5.02 Å². The summed E-state index contributed by atoms with van der Waals surface area (Å²) < 4.78 is 4.80. The van der Waals surface area contributed by atoms with Crippen molar-refractivity contribution in [1.29, 1.82) is 0 Å². The van der Waals surface area contributed by atoms with Gasteiger partial charge in [-0.05, 0) is 30.7 Å². The first-order chi connectivity index (χ1) is 8.73. The number of hydrogen-bond acceptors (Lipinski definition) is 5. The summed E-state index contributed by atoms with van der Waals surface area (Å²) >= 11 is 11.3. The van der Waals surface area contributed by atoms with Crippen LogP contribution in [-0.2, 0) is 29.1 Å². The Labute approximate surface area is 138 Å². The Bertz CT molecular complexity index is 479. The van der Waals surface area contributed by atoms with E-state index in [1.807, 2.05) is 0 Å². The van der Waals surface area contributed by atoms with Gasteiger partial charge >= 0.3 is 19.5 Å². The second-order valence-electron chi connectivity index (χ2n) is 3.30. The number of ether oxygens (including phenoxy) is 1. The van der Waals surface area contributed by atoms with Gasteiger partial charge in [-0.1, -0.05) is 29.8 Å². The first-order valence-electron chi connectivity index (χ1n) is 4.88. The molecule has 0 bridgehead atoms. The van der Waals surface area contributed by atoms with E-state index in [0.717, 1.165) is 0 Å². The normalized spacial score (nSPS) is 8.55. The number of benzene rings is 1. The van der Waals surface area contributed by atoms with Crippen molar-refractivity contribution >= 4 is 35.1 Å². The Morgan fingerprint density at radius 1 is 1.30 bits per heavy atom. The molecule has 0 N–H and O–H groups in total. The summed E-state index contributed by atoms with van der Waals surface area (Å²) in [5, 5.41) is 20.3. The van der Waals surface area contributed by atoms with Crippen molar-refractivity contribution in [3.05, 3.63) is 40.4 Å². The maximum Gasteiger partial charge on any atom is 2.00 e. The van der Waals surface area contributed by atoms with Crippen molar-refractivity contribution in [2.45, 2.75) is 6.92 Å². The van der Waals surface area contributed by atoms with E-state index in [2.05, 4.69) is 6.58 Å². The zero-order valence-corrected chi connectivity index (χ0v) is 15.1. The van der Waals surface area contributed by atoms with Crippen LogP contribution in [0.1, 0.15) is 6.92 Å². The summed E-state index contributed by atoms with van der Waals surface area (Å²) in [4.78, 5) is 19.5. The minimum absolute atomic E-state index is 0. The topological polar surface area (TPSA) is 89.5 Å². The molecule has 8 heteroatoms. The van der Waals surface area contributed by atoms with Gasteiger partial charge in [0.05, 0.1) is 17.0 Å². The Kier molecular flexibility index (Phi) is 11.3. The van der Waals surface area contributed by atoms with Crippen molar-refractivity contribution in [2.75, 3.05) is 6.61 Å². The van der Waals surface area contributed by atoms with Gasteiger partial charge in [-0.15, -0.1) is 0 Å². The van der Waals surface area contributed by atoms with Crippen LogP contribution in [0.25, 0.3) is 0 Å². The molecule has 0 radical (unpaired) electrons. The molecule has 0 saturated heterocycles. The summed E-state index contributed by atoms with van der Waals surface area (Å²) in [6.45, 7) is 3.95. The number of carbonyl (C=O) groups excluding carboxylic acids is 2. The molecule has 0 atom stereocenters. The SMILES string of the molecule is C=C(C)C(=O)[O-].O=C([O-])COc1ccc(Cl)cc1Cl.[Zn+2]. The zero-order valence-electron chi connectivity index (χ0n) is 10.7. The van der Waals surface area contributed by atoms with Gasteiger partial charge < -0.3 is 24.5 Å². The van der Waals surface area contributed by atoms with Crippen molar-refractivity contribution in [2.24, 2.45) is 0 Å². The first kappa shape index (κ1) is 21.2. The van der Waals surface area contributed by atoms with Crippen LogP contribution in [0.15, 0.2) is 30.4 Å². The average molecular weight is 371 g/mol. The molecule has 0 aromatic heterocycles. The van der Waals surface area contributed by atoms with Crippen molar-refractivity contribution in [1.82, 2.24) is 0 Å². The summed E-state index contributed by atoms with van der Waals surface area (Å²) in [6, 6.07) is 4.51. The summed E-state index contributed by atoms with van der Waals surface area (Å²) in [6.07, 6.45) is 0. The second-order valence-corrected chi connectivity index (χ2v) is 4.15. The molecule has 1 rings (SSSR count). The molecule has 1 aromatic rings. The van der Waals surface area contributed by atoms with E-state index in [-0.39, 0.29) is 35.8 Å². The summed E-state index contributed by atoms with van der Waals surface area (Å²) in [5.74, 6) is -2.21. The maximum absolute atomic E-state index is 10.0. The molecular weight excluding hydrogens is 360 g/mol. The molecule has 0 spiro atoms. The molecule has 0 fully saturated rings. The fourth-order valence-electron chi connectivity index (χ4n) is 0.729.